The summed E-state index contributed by atoms with van der Waals surface area (Å²) < 4.78 is 13.3. The molecule has 0 aromatic rings. The van der Waals surface area contributed by atoms with Gasteiger partial charge in [0.25, 0.3) is 0 Å². The summed E-state index contributed by atoms with van der Waals surface area (Å²) in [5, 5.41) is 34.2. The molecule has 1 spiro atoms. The molecule has 0 radical (unpaired) electrons. The molecular formula is C28H46O5. The summed E-state index contributed by atoms with van der Waals surface area (Å²) in [6.45, 7) is 13.1. The smallest absolute Gasteiger partial charge is 0.198 e. The van der Waals surface area contributed by atoms with E-state index in [1.165, 1.54) is 0 Å². The van der Waals surface area contributed by atoms with E-state index < -0.39 is 11.4 Å². The predicted octanol–water partition coefficient (Wildman–Crippen LogP) is 4.27. The highest BCUT2D eigenvalue weighted by atomic mass is 16.7. The molecule has 3 N–H and O–H groups in total. The van der Waals surface area contributed by atoms with Crippen LogP contribution in [0, 0.1) is 46.3 Å². The van der Waals surface area contributed by atoms with Crippen molar-refractivity contribution in [3.8, 4) is 0 Å². The van der Waals surface area contributed by atoms with Crippen LogP contribution < -0.4 is 0 Å². The van der Waals surface area contributed by atoms with Crippen LogP contribution in [0.3, 0.4) is 0 Å². The maximum Gasteiger partial charge on any atom is 0.198 e. The van der Waals surface area contributed by atoms with Gasteiger partial charge in [-0.1, -0.05) is 20.8 Å². The van der Waals surface area contributed by atoms with Gasteiger partial charge in [0.2, 0.25) is 0 Å². The van der Waals surface area contributed by atoms with E-state index in [0.29, 0.717) is 29.6 Å². The molecule has 188 valence electrons. The minimum atomic E-state index is -1.08. The average Bonchev–Trinajstić information content (AvgIpc) is 3.20. The van der Waals surface area contributed by atoms with E-state index in [0.717, 1.165) is 51.4 Å². The number of hydrogen-bond donors (Lipinski definition) is 3. The number of hydrogen-bond acceptors (Lipinski definition) is 5. The average molecular weight is 463 g/mol. The zero-order valence-electron chi connectivity index (χ0n) is 21.5. The maximum atomic E-state index is 12.2. The Morgan fingerprint density at radius 2 is 1.61 bits per heavy atom. The van der Waals surface area contributed by atoms with E-state index in [1.54, 1.807) is 0 Å². The quantitative estimate of drug-likeness (QED) is 0.501. The molecule has 4 saturated carbocycles. The van der Waals surface area contributed by atoms with Gasteiger partial charge in [0.1, 0.15) is 5.60 Å². The number of aliphatic hydroxyl groups is 3. The van der Waals surface area contributed by atoms with E-state index in [4.69, 9.17) is 9.47 Å². The molecule has 0 aromatic carbocycles. The van der Waals surface area contributed by atoms with Crippen molar-refractivity contribution in [2.45, 2.75) is 128 Å². The minimum Gasteiger partial charge on any atom is -0.393 e. The summed E-state index contributed by atoms with van der Waals surface area (Å²) in [6.07, 6.45) is 6.94. The Balaban J connectivity index is 1.34. The number of fused-ring (bicyclic) bond motifs is 7. The first-order valence-corrected chi connectivity index (χ1v) is 13.7. The number of ether oxygens (including phenoxy) is 2. The van der Waals surface area contributed by atoms with Crippen molar-refractivity contribution in [3.05, 3.63) is 0 Å². The van der Waals surface area contributed by atoms with Crippen LogP contribution in [-0.4, -0.2) is 50.6 Å². The van der Waals surface area contributed by atoms with Crippen LogP contribution in [0.1, 0.15) is 92.9 Å². The lowest BCUT2D eigenvalue weighted by molar-refractivity contribution is -0.300. The molecule has 0 aromatic heterocycles. The van der Waals surface area contributed by atoms with Gasteiger partial charge in [0.05, 0.1) is 23.9 Å². The molecule has 0 amide bonds. The summed E-state index contributed by atoms with van der Waals surface area (Å²) in [7, 11) is 0. The molecular weight excluding hydrogens is 416 g/mol. The summed E-state index contributed by atoms with van der Waals surface area (Å²) in [5.74, 6) is 1.08. The Hall–Kier alpha value is -0.200. The first kappa shape index (κ1) is 23.2. The first-order chi connectivity index (χ1) is 15.3. The van der Waals surface area contributed by atoms with Gasteiger partial charge in [0, 0.05) is 12.3 Å². The van der Waals surface area contributed by atoms with E-state index in [-0.39, 0.29) is 40.7 Å². The second-order valence-corrected chi connectivity index (χ2v) is 14.4. The lowest BCUT2D eigenvalue weighted by Crippen LogP contribution is -2.62. The summed E-state index contributed by atoms with van der Waals surface area (Å²) >= 11 is 0. The SMILES string of the molecule is C[C@H]1C[C@]2(O[C@H]3C[C@H]4[C@@H]5CC[C@H]6C[C@H](O)CC[C@]6(C)[C@@H]5[C@@H](O)C[C@]4(C)[C@H]3[C@@]2(C)O)OC1(C)C. The van der Waals surface area contributed by atoms with Crippen molar-refractivity contribution < 1.29 is 24.8 Å². The molecule has 2 saturated heterocycles. The Morgan fingerprint density at radius 3 is 2.27 bits per heavy atom. The van der Waals surface area contributed by atoms with Gasteiger partial charge in [-0.2, -0.15) is 0 Å². The fourth-order valence-electron chi connectivity index (χ4n) is 10.7. The van der Waals surface area contributed by atoms with Crippen LogP contribution in [-0.2, 0) is 9.47 Å². The highest BCUT2D eigenvalue weighted by Crippen LogP contribution is 2.72. The van der Waals surface area contributed by atoms with Crippen LogP contribution in [0.5, 0.6) is 0 Å². The molecule has 13 atom stereocenters. The third-order valence-electron chi connectivity index (χ3n) is 12.5. The molecule has 5 nitrogen and oxygen atoms in total. The molecule has 33 heavy (non-hydrogen) atoms. The molecule has 2 aliphatic heterocycles. The van der Waals surface area contributed by atoms with Gasteiger partial charge in [-0.05, 0) is 106 Å². The third kappa shape index (κ3) is 2.78. The number of rotatable bonds is 0. The Morgan fingerprint density at radius 1 is 0.879 bits per heavy atom. The van der Waals surface area contributed by atoms with Gasteiger partial charge in [0.15, 0.2) is 5.79 Å². The van der Waals surface area contributed by atoms with Gasteiger partial charge in [-0.3, -0.25) is 0 Å². The molecule has 6 fully saturated rings. The van der Waals surface area contributed by atoms with Crippen LogP contribution >= 0.6 is 0 Å². The van der Waals surface area contributed by atoms with Crippen molar-refractivity contribution in [3.63, 3.8) is 0 Å². The summed E-state index contributed by atoms with van der Waals surface area (Å²) in [5.41, 5.74) is -1.45. The maximum absolute atomic E-state index is 12.2. The topological polar surface area (TPSA) is 79.2 Å². The highest BCUT2D eigenvalue weighted by Gasteiger charge is 2.77. The van der Waals surface area contributed by atoms with E-state index in [1.807, 2.05) is 6.92 Å². The zero-order valence-corrected chi connectivity index (χ0v) is 21.5. The van der Waals surface area contributed by atoms with Gasteiger partial charge in [-0.25, -0.2) is 0 Å². The van der Waals surface area contributed by atoms with E-state index >= 15 is 0 Å². The lowest BCUT2D eigenvalue weighted by Gasteiger charge is -2.63. The van der Waals surface area contributed by atoms with E-state index in [9.17, 15) is 15.3 Å². The molecule has 0 unspecified atom stereocenters. The lowest BCUT2D eigenvalue weighted by atomic mass is 9.43. The summed E-state index contributed by atoms with van der Waals surface area (Å²) in [4.78, 5) is 0. The van der Waals surface area contributed by atoms with Crippen molar-refractivity contribution in [1.29, 1.82) is 0 Å². The van der Waals surface area contributed by atoms with Gasteiger partial charge in [-0.15, -0.1) is 0 Å². The Bertz CT molecular complexity index is 825. The van der Waals surface area contributed by atoms with E-state index in [2.05, 4.69) is 34.6 Å². The Labute approximate surface area is 199 Å². The largest absolute Gasteiger partial charge is 0.393 e. The highest BCUT2D eigenvalue weighted by molar-refractivity contribution is 5.22. The number of aliphatic hydroxyl groups excluding tert-OH is 2. The van der Waals surface area contributed by atoms with Crippen LogP contribution in [0.15, 0.2) is 0 Å². The third-order valence-corrected chi connectivity index (χ3v) is 12.5. The predicted molar refractivity (Wildman–Crippen MR) is 125 cm³/mol. The standard InChI is InChI=1S/C28H46O5/c1-15-13-28(33-24(15,2)3)27(6,31)23-21(32-28)12-19-18-8-7-16-11-17(29)9-10-25(16,4)22(18)20(30)14-26(19,23)5/h15-23,29-31H,7-14H2,1-6H3/t15-,16-,17+,18-,19-,20-,21-,22-,23-,25-,26-,27+,28-/m0/s1. The second kappa shape index (κ2) is 6.76. The Kier molecular flexibility index (Phi) is 4.76. The molecule has 0 bridgehead atoms. The van der Waals surface area contributed by atoms with Crippen molar-refractivity contribution in [1.82, 2.24) is 0 Å². The van der Waals surface area contributed by atoms with Crippen molar-refractivity contribution in [2.75, 3.05) is 0 Å². The van der Waals surface area contributed by atoms with Crippen LogP contribution in [0.4, 0.5) is 0 Å². The minimum absolute atomic E-state index is 0.0132. The molecule has 2 heterocycles. The molecule has 6 aliphatic rings. The second-order valence-electron chi connectivity index (χ2n) is 14.4. The van der Waals surface area contributed by atoms with Crippen molar-refractivity contribution >= 4 is 0 Å². The van der Waals surface area contributed by atoms with Crippen LogP contribution in [0.25, 0.3) is 0 Å². The van der Waals surface area contributed by atoms with Crippen molar-refractivity contribution in [2.24, 2.45) is 46.3 Å². The normalized spacial score (nSPS) is 63.7. The van der Waals surface area contributed by atoms with Crippen LogP contribution in [0.2, 0.25) is 0 Å². The fourth-order valence-corrected chi connectivity index (χ4v) is 10.7. The van der Waals surface area contributed by atoms with Gasteiger partial charge >= 0.3 is 0 Å². The molecule has 6 rings (SSSR count). The monoisotopic (exact) mass is 462 g/mol. The molecule has 5 heteroatoms. The molecule has 4 aliphatic carbocycles. The first-order valence-electron chi connectivity index (χ1n) is 13.7. The zero-order chi connectivity index (χ0) is 23.8. The summed E-state index contributed by atoms with van der Waals surface area (Å²) in [6, 6.07) is 0. The van der Waals surface area contributed by atoms with Gasteiger partial charge < -0.3 is 24.8 Å². The fraction of sp³-hybridized carbons (Fsp3) is 1.00.